The van der Waals surface area contributed by atoms with Crippen molar-refractivity contribution in [1.29, 1.82) is 0 Å². The fourth-order valence-electron chi connectivity index (χ4n) is 1.97. The molecule has 0 bridgehead atoms. The van der Waals surface area contributed by atoms with Crippen molar-refractivity contribution in [3.63, 3.8) is 0 Å². The second-order valence-corrected chi connectivity index (χ2v) is 4.19. The van der Waals surface area contributed by atoms with Crippen molar-refractivity contribution in [2.24, 2.45) is 0 Å². The molecule has 2 aromatic rings. The van der Waals surface area contributed by atoms with Gasteiger partial charge in [-0.2, -0.15) is 0 Å². The van der Waals surface area contributed by atoms with E-state index in [-0.39, 0.29) is 5.91 Å². The van der Waals surface area contributed by atoms with Crippen LogP contribution in [0.3, 0.4) is 0 Å². The minimum atomic E-state index is -0.162. The second-order valence-electron chi connectivity index (χ2n) is 4.19. The number of rotatable bonds is 5. The van der Waals surface area contributed by atoms with Crippen LogP contribution in [0.2, 0.25) is 0 Å². The molecule has 0 atom stereocenters. The molecule has 1 heterocycles. The van der Waals surface area contributed by atoms with Crippen molar-refractivity contribution in [1.82, 2.24) is 0 Å². The standard InChI is InChI=1S/C15H18N2O2/c1-3-17(4-2)14-7-5-6-13(10-14)16-15(18)12-8-9-19-11-12/h5-11H,3-4H2,1-2H3,(H,16,18). The normalized spacial score (nSPS) is 10.2. The molecule has 0 spiro atoms. The minimum Gasteiger partial charge on any atom is -0.472 e. The Labute approximate surface area is 113 Å². The number of carbonyl (C=O) groups excluding carboxylic acids is 1. The molecule has 0 unspecified atom stereocenters. The van der Waals surface area contributed by atoms with Gasteiger partial charge in [0.05, 0.1) is 11.8 Å². The van der Waals surface area contributed by atoms with E-state index in [1.807, 2.05) is 24.3 Å². The zero-order chi connectivity index (χ0) is 13.7. The molecular weight excluding hydrogens is 240 g/mol. The van der Waals surface area contributed by atoms with Gasteiger partial charge in [-0.1, -0.05) is 6.07 Å². The molecule has 100 valence electrons. The lowest BCUT2D eigenvalue weighted by Crippen LogP contribution is -2.22. The van der Waals surface area contributed by atoms with Gasteiger partial charge < -0.3 is 14.6 Å². The van der Waals surface area contributed by atoms with Crippen molar-refractivity contribution in [3.05, 3.63) is 48.4 Å². The number of anilines is 2. The third-order valence-corrected chi connectivity index (χ3v) is 3.02. The van der Waals surface area contributed by atoms with Crippen LogP contribution in [0.4, 0.5) is 11.4 Å². The molecule has 4 nitrogen and oxygen atoms in total. The van der Waals surface area contributed by atoms with Crippen LogP contribution < -0.4 is 10.2 Å². The van der Waals surface area contributed by atoms with Gasteiger partial charge in [-0.25, -0.2) is 0 Å². The minimum absolute atomic E-state index is 0.162. The number of hydrogen-bond acceptors (Lipinski definition) is 3. The lowest BCUT2D eigenvalue weighted by Gasteiger charge is -2.21. The summed E-state index contributed by atoms with van der Waals surface area (Å²) in [6, 6.07) is 9.48. The molecular formula is C15H18N2O2. The molecule has 1 amide bonds. The SMILES string of the molecule is CCN(CC)c1cccc(NC(=O)c2ccoc2)c1. The summed E-state index contributed by atoms with van der Waals surface area (Å²) in [6.45, 7) is 6.10. The molecule has 0 aliphatic heterocycles. The summed E-state index contributed by atoms with van der Waals surface area (Å²) in [6.07, 6.45) is 2.92. The quantitative estimate of drug-likeness (QED) is 0.894. The highest BCUT2D eigenvalue weighted by Crippen LogP contribution is 2.19. The first-order valence-electron chi connectivity index (χ1n) is 6.43. The predicted molar refractivity (Wildman–Crippen MR) is 76.7 cm³/mol. The van der Waals surface area contributed by atoms with E-state index in [4.69, 9.17) is 4.42 Å². The zero-order valence-corrected chi connectivity index (χ0v) is 11.2. The maximum Gasteiger partial charge on any atom is 0.258 e. The van der Waals surface area contributed by atoms with E-state index in [0.717, 1.165) is 24.5 Å². The number of hydrogen-bond donors (Lipinski definition) is 1. The van der Waals surface area contributed by atoms with Gasteiger partial charge in [0.15, 0.2) is 0 Å². The summed E-state index contributed by atoms with van der Waals surface area (Å²) in [5.41, 5.74) is 2.42. The van der Waals surface area contributed by atoms with Crippen molar-refractivity contribution < 1.29 is 9.21 Å². The highest BCUT2D eigenvalue weighted by molar-refractivity contribution is 6.04. The number of amides is 1. The monoisotopic (exact) mass is 258 g/mol. The molecule has 0 saturated heterocycles. The number of nitrogens with one attached hydrogen (secondary N) is 1. The molecule has 1 N–H and O–H groups in total. The van der Waals surface area contributed by atoms with Crippen LogP contribution in [-0.2, 0) is 0 Å². The van der Waals surface area contributed by atoms with Crippen LogP contribution in [0, 0.1) is 0 Å². The van der Waals surface area contributed by atoms with E-state index in [1.54, 1.807) is 6.07 Å². The first kappa shape index (κ1) is 13.2. The van der Waals surface area contributed by atoms with Gasteiger partial charge in [-0.15, -0.1) is 0 Å². The van der Waals surface area contributed by atoms with E-state index in [1.165, 1.54) is 12.5 Å². The van der Waals surface area contributed by atoms with Crippen LogP contribution in [0.5, 0.6) is 0 Å². The van der Waals surface area contributed by atoms with Gasteiger partial charge in [0.1, 0.15) is 6.26 Å². The number of nitrogens with zero attached hydrogens (tertiary/aromatic N) is 1. The Morgan fingerprint density at radius 3 is 2.68 bits per heavy atom. The van der Waals surface area contributed by atoms with Gasteiger partial charge in [0.2, 0.25) is 0 Å². The zero-order valence-electron chi connectivity index (χ0n) is 11.2. The van der Waals surface area contributed by atoms with Crippen LogP contribution in [0.1, 0.15) is 24.2 Å². The molecule has 0 aliphatic rings. The first-order chi connectivity index (χ1) is 9.24. The Hall–Kier alpha value is -2.23. The maximum absolute atomic E-state index is 11.9. The summed E-state index contributed by atoms with van der Waals surface area (Å²) in [4.78, 5) is 14.1. The van der Waals surface area contributed by atoms with Gasteiger partial charge in [0, 0.05) is 24.5 Å². The number of carbonyl (C=O) groups is 1. The fourth-order valence-corrected chi connectivity index (χ4v) is 1.97. The van der Waals surface area contributed by atoms with Crippen LogP contribution in [0.25, 0.3) is 0 Å². The number of furan rings is 1. The smallest absolute Gasteiger partial charge is 0.258 e. The lowest BCUT2D eigenvalue weighted by atomic mass is 10.2. The van der Waals surface area contributed by atoms with E-state index in [0.29, 0.717) is 5.56 Å². The van der Waals surface area contributed by atoms with Gasteiger partial charge in [-0.3, -0.25) is 4.79 Å². The summed E-state index contributed by atoms with van der Waals surface area (Å²) in [5.74, 6) is -0.162. The molecule has 2 rings (SSSR count). The summed E-state index contributed by atoms with van der Waals surface area (Å²) >= 11 is 0. The molecule has 19 heavy (non-hydrogen) atoms. The molecule has 1 aromatic carbocycles. The van der Waals surface area contributed by atoms with E-state index >= 15 is 0 Å². The molecule has 0 radical (unpaired) electrons. The van der Waals surface area contributed by atoms with Crippen molar-refractivity contribution in [3.8, 4) is 0 Å². The Morgan fingerprint density at radius 2 is 2.05 bits per heavy atom. The third-order valence-electron chi connectivity index (χ3n) is 3.02. The van der Waals surface area contributed by atoms with Crippen molar-refractivity contribution >= 4 is 17.3 Å². The van der Waals surface area contributed by atoms with E-state index in [9.17, 15) is 4.79 Å². The summed E-state index contributed by atoms with van der Waals surface area (Å²) in [5, 5.41) is 2.86. The molecule has 0 fully saturated rings. The Morgan fingerprint density at radius 1 is 1.26 bits per heavy atom. The Balaban J connectivity index is 2.13. The third kappa shape index (κ3) is 3.16. The molecule has 0 aliphatic carbocycles. The van der Waals surface area contributed by atoms with Crippen LogP contribution in [-0.4, -0.2) is 19.0 Å². The summed E-state index contributed by atoms with van der Waals surface area (Å²) < 4.78 is 4.90. The van der Waals surface area contributed by atoms with E-state index in [2.05, 4.69) is 24.1 Å². The lowest BCUT2D eigenvalue weighted by molar-refractivity contribution is 0.102. The van der Waals surface area contributed by atoms with Crippen LogP contribution >= 0.6 is 0 Å². The molecule has 4 heteroatoms. The van der Waals surface area contributed by atoms with Crippen molar-refractivity contribution in [2.75, 3.05) is 23.3 Å². The van der Waals surface area contributed by atoms with Gasteiger partial charge in [-0.05, 0) is 38.1 Å². The highest BCUT2D eigenvalue weighted by Gasteiger charge is 2.08. The summed E-state index contributed by atoms with van der Waals surface area (Å²) in [7, 11) is 0. The average Bonchev–Trinajstić information content (AvgIpc) is 2.94. The molecule has 0 saturated carbocycles. The fraction of sp³-hybridized carbons (Fsp3) is 0.267. The van der Waals surface area contributed by atoms with E-state index < -0.39 is 0 Å². The largest absolute Gasteiger partial charge is 0.472 e. The van der Waals surface area contributed by atoms with Gasteiger partial charge in [0.25, 0.3) is 5.91 Å². The van der Waals surface area contributed by atoms with Crippen molar-refractivity contribution in [2.45, 2.75) is 13.8 Å². The Kier molecular flexibility index (Phi) is 4.23. The Bertz CT molecular complexity index is 531. The highest BCUT2D eigenvalue weighted by atomic mass is 16.3. The average molecular weight is 258 g/mol. The first-order valence-corrected chi connectivity index (χ1v) is 6.43. The van der Waals surface area contributed by atoms with Crippen LogP contribution in [0.15, 0.2) is 47.3 Å². The second kappa shape index (κ2) is 6.09. The molecule has 1 aromatic heterocycles. The predicted octanol–water partition coefficient (Wildman–Crippen LogP) is 3.38. The maximum atomic E-state index is 11.9. The van der Waals surface area contributed by atoms with Gasteiger partial charge >= 0.3 is 0 Å². The topological polar surface area (TPSA) is 45.5 Å². The number of benzene rings is 1.